The maximum atomic E-state index is 14.0. The van der Waals surface area contributed by atoms with Crippen molar-refractivity contribution in [2.24, 2.45) is 0 Å². The summed E-state index contributed by atoms with van der Waals surface area (Å²) < 4.78 is 55.0. The van der Waals surface area contributed by atoms with Crippen LogP contribution in [0, 0.1) is 30.2 Å². The summed E-state index contributed by atoms with van der Waals surface area (Å²) in [5, 5.41) is 4.08. The number of hydrogen-bond acceptors (Lipinski definition) is 2. The number of nitrogens with zero attached hydrogens (tertiary/aromatic N) is 2. The SMILES string of the molecule is Cc1nn(-c2ccc(F)cc2F)c(N)c1-c1ccc(F)cc1F. The molecular weight excluding hydrogens is 310 g/mol. The lowest BCUT2D eigenvalue weighted by Gasteiger charge is -2.07. The Balaban J connectivity index is 2.20. The molecule has 0 spiro atoms. The number of nitrogens with two attached hydrogens (primary N) is 1. The zero-order chi connectivity index (χ0) is 16.7. The van der Waals surface area contributed by atoms with Crippen LogP contribution in [0.4, 0.5) is 23.4 Å². The van der Waals surface area contributed by atoms with Crippen LogP contribution in [0.1, 0.15) is 5.69 Å². The van der Waals surface area contributed by atoms with Crippen LogP contribution in [0.15, 0.2) is 36.4 Å². The van der Waals surface area contributed by atoms with Gasteiger partial charge in [0.05, 0.1) is 5.69 Å². The third-order valence-electron chi connectivity index (χ3n) is 3.43. The summed E-state index contributed by atoms with van der Waals surface area (Å²) in [6.07, 6.45) is 0. The summed E-state index contributed by atoms with van der Waals surface area (Å²) in [6, 6.07) is 5.99. The highest BCUT2D eigenvalue weighted by molar-refractivity contribution is 5.78. The fourth-order valence-electron chi connectivity index (χ4n) is 2.41. The molecule has 0 aliphatic heterocycles. The van der Waals surface area contributed by atoms with Gasteiger partial charge in [0.25, 0.3) is 0 Å². The number of halogens is 4. The zero-order valence-corrected chi connectivity index (χ0v) is 11.9. The van der Waals surface area contributed by atoms with E-state index in [1.807, 2.05) is 0 Å². The highest BCUT2D eigenvalue weighted by Gasteiger charge is 2.20. The summed E-state index contributed by atoms with van der Waals surface area (Å²) in [4.78, 5) is 0. The molecule has 2 aromatic carbocycles. The number of nitrogen functional groups attached to an aromatic ring is 1. The molecule has 0 atom stereocenters. The lowest BCUT2D eigenvalue weighted by Crippen LogP contribution is -2.05. The Morgan fingerprint density at radius 3 is 2.13 bits per heavy atom. The number of aromatic nitrogens is 2. The van der Waals surface area contributed by atoms with Gasteiger partial charge in [-0.2, -0.15) is 5.10 Å². The highest BCUT2D eigenvalue weighted by Crippen LogP contribution is 2.33. The maximum Gasteiger partial charge on any atom is 0.151 e. The molecule has 23 heavy (non-hydrogen) atoms. The van der Waals surface area contributed by atoms with Gasteiger partial charge in [0.15, 0.2) is 5.82 Å². The van der Waals surface area contributed by atoms with E-state index in [2.05, 4.69) is 5.10 Å². The van der Waals surface area contributed by atoms with Gasteiger partial charge in [0, 0.05) is 23.3 Å². The summed E-state index contributed by atoms with van der Waals surface area (Å²) in [5.41, 5.74) is 6.50. The van der Waals surface area contributed by atoms with Crippen molar-refractivity contribution in [1.29, 1.82) is 0 Å². The number of benzene rings is 2. The van der Waals surface area contributed by atoms with Gasteiger partial charge < -0.3 is 5.73 Å². The summed E-state index contributed by atoms with van der Waals surface area (Å²) >= 11 is 0. The van der Waals surface area contributed by atoms with Crippen molar-refractivity contribution in [3.8, 4) is 16.8 Å². The topological polar surface area (TPSA) is 43.8 Å². The van der Waals surface area contributed by atoms with Crippen molar-refractivity contribution in [3.63, 3.8) is 0 Å². The fraction of sp³-hybridized carbons (Fsp3) is 0.0625. The molecule has 7 heteroatoms. The molecule has 0 saturated heterocycles. The van der Waals surface area contributed by atoms with E-state index in [1.54, 1.807) is 6.92 Å². The number of hydrogen-bond donors (Lipinski definition) is 1. The molecule has 1 heterocycles. The van der Waals surface area contributed by atoms with E-state index in [-0.39, 0.29) is 22.6 Å². The first-order valence-electron chi connectivity index (χ1n) is 6.64. The van der Waals surface area contributed by atoms with Gasteiger partial charge in [-0.25, -0.2) is 22.2 Å². The normalized spacial score (nSPS) is 11.0. The van der Waals surface area contributed by atoms with E-state index < -0.39 is 23.3 Å². The number of aryl methyl sites for hydroxylation is 1. The van der Waals surface area contributed by atoms with Gasteiger partial charge in [-0.05, 0) is 31.2 Å². The first-order valence-corrected chi connectivity index (χ1v) is 6.64. The van der Waals surface area contributed by atoms with E-state index in [4.69, 9.17) is 5.73 Å². The van der Waals surface area contributed by atoms with Crippen molar-refractivity contribution >= 4 is 5.82 Å². The summed E-state index contributed by atoms with van der Waals surface area (Å²) in [7, 11) is 0. The molecule has 0 aliphatic carbocycles. The number of anilines is 1. The second-order valence-corrected chi connectivity index (χ2v) is 4.98. The van der Waals surface area contributed by atoms with Crippen molar-refractivity contribution < 1.29 is 17.6 Å². The summed E-state index contributed by atoms with van der Waals surface area (Å²) in [6.45, 7) is 1.56. The van der Waals surface area contributed by atoms with Crippen LogP contribution in [0.25, 0.3) is 16.8 Å². The van der Waals surface area contributed by atoms with Gasteiger partial charge in [0.2, 0.25) is 0 Å². The Hall–Kier alpha value is -2.83. The largest absolute Gasteiger partial charge is 0.383 e. The molecule has 0 unspecified atom stereocenters. The van der Waals surface area contributed by atoms with E-state index in [0.29, 0.717) is 11.8 Å². The number of rotatable bonds is 2. The minimum Gasteiger partial charge on any atom is -0.383 e. The van der Waals surface area contributed by atoms with Crippen LogP contribution in [0.2, 0.25) is 0 Å². The van der Waals surface area contributed by atoms with Gasteiger partial charge in [-0.1, -0.05) is 0 Å². The average molecular weight is 321 g/mol. The highest BCUT2D eigenvalue weighted by atomic mass is 19.1. The van der Waals surface area contributed by atoms with Crippen molar-refractivity contribution in [1.82, 2.24) is 9.78 Å². The molecule has 0 fully saturated rings. The van der Waals surface area contributed by atoms with E-state index in [0.717, 1.165) is 22.9 Å². The second-order valence-electron chi connectivity index (χ2n) is 4.98. The zero-order valence-electron chi connectivity index (χ0n) is 11.9. The monoisotopic (exact) mass is 321 g/mol. The molecule has 0 radical (unpaired) electrons. The summed E-state index contributed by atoms with van der Waals surface area (Å²) in [5.74, 6) is -3.15. The van der Waals surface area contributed by atoms with Gasteiger partial charge in [0.1, 0.15) is 29.0 Å². The second kappa shape index (κ2) is 5.42. The molecule has 0 aliphatic rings. The minimum absolute atomic E-state index is 0.0292. The maximum absolute atomic E-state index is 14.0. The quantitative estimate of drug-likeness (QED) is 0.725. The van der Waals surface area contributed by atoms with Crippen LogP contribution < -0.4 is 5.73 Å². The molecule has 0 saturated carbocycles. The average Bonchev–Trinajstić information content (AvgIpc) is 2.75. The van der Waals surface area contributed by atoms with Gasteiger partial charge >= 0.3 is 0 Å². The van der Waals surface area contributed by atoms with Gasteiger partial charge in [-0.3, -0.25) is 0 Å². The van der Waals surface area contributed by atoms with Crippen molar-refractivity contribution in [2.75, 3.05) is 5.73 Å². The Bertz CT molecular complexity index is 903. The molecule has 3 nitrogen and oxygen atoms in total. The van der Waals surface area contributed by atoms with Crippen LogP contribution in [-0.4, -0.2) is 9.78 Å². The first-order chi connectivity index (χ1) is 10.9. The molecule has 3 rings (SSSR count). The van der Waals surface area contributed by atoms with E-state index >= 15 is 0 Å². The lowest BCUT2D eigenvalue weighted by atomic mass is 10.1. The predicted molar refractivity (Wildman–Crippen MR) is 78.0 cm³/mol. The Morgan fingerprint density at radius 2 is 1.52 bits per heavy atom. The van der Waals surface area contributed by atoms with E-state index in [9.17, 15) is 17.6 Å². The molecule has 1 aromatic heterocycles. The third-order valence-corrected chi connectivity index (χ3v) is 3.43. The Labute approximate surface area is 129 Å². The molecule has 118 valence electrons. The van der Waals surface area contributed by atoms with Crippen LogP contribution in [0.3, 0.4) is 0 Å². The first kappa shape index (κ1) is 15.1. The Morgan fingerprint density at radius 1 is 0.913 bits per heavy atom. The van der Waals surface area contributed by atoms with Gasteiger partial charge in [-0.15, -0.1) is 0 Å². The van der Waals surface area contributed by atoms with Crippen LogP contribution in [-0.2, 0) is 0 Å². The molecule has 3 aromatic rings. The van der Waals surface area contributed by atoms with E-state index in [1.165, 1.54) is 12.1 Å². The predicted octanol–water partition coefficient (Wildman–Crippen LogP) is 3.99. The minimum atomic E-state index is -0.856. The van der Waals surface area contributed by atoms with Crippen LogP contribution in [0.5, 0.6) is 0 Å². The standard InChI is InChI=1S/C16H11F4N3/c1-8-15(11-4-2-9(17)6-12(11)19)16(21)23(22-8)14-5-3-10(18)7-13(14)20/h2-7H,21H2,1H3. The Kier molecular flexibility index (Phi) is 3.55. The molecule has 0 amide bonds. The van der Waals surface area contributed by atoms with Crippen molar-refractivity contribution in [2.45, 2.75) is 6.92 Å². The third kappa shape index (κ3) is 2.54. The molecule has 0 bridgehead atoms. The van der Waals surface area contributed by atoms with Crippen LogP contribution >= 0.6 is 0 Å². The fourth-order valence-corrected chi connectivity index (χ4v) is 2.41. The lowest BCUT2D eigenvalue weighted by molar-refractivity contribution is 0.574. The van der Waals surface area contributed by atoms with Crippen molar-refractivity contribution in [3.05, 3.63) is 65.4 Å². The molecular formula is C16H11F4N3. The smallest absolute Gasteiger partial charge is 0.151 e. The molecule has 2 N–H and O–H groups in total.